The van der Waals surface area contributed by atoms with E-state index >= 15 is 0 Å². The first-order valence-electron chi connectivity index (χ1n) is 11.8. The van der Waals surface area contributed by atoms with Crippen molar-refractivity contribution >= 4 is 11.8 Å². The second-order valence-corrected chi connectivity index (χ2v) is 8.32. The number of carbonyl (C=O) groups is 2. The van der Waals surface area contributed by atoms with Gasteiger partial charge in [0.05, 0.1) is 27.0 Å². The summed E-state index contributed by atoms with van der Waals surface area (Å²) in [5.41, 5.74) is 0.990. The molecule has 3 aromatic rings. The maximum atomic E-state index is 13.5. The predicted molar refractivity (Wildman–Crippen MR) is 133 cm³/mol. The monoisotopic (exact) mass is 498 g/mol. The van der Waals surface area contributed by atoms with Crippen LogP contribution in [0.2, 0.25) is 0 Å². The van der Waals surface area contributed by atoms with Crippen molar-refractivity contribution in [1.82, 2.24) is 9.80 Å². The first kappa shape index (κ1) is 26.9. The Hall–Kier alpha value is -3.72. The standard InChI is InChI=1S/C27H34N2O7/c1-20-8-10-22(36-20)18-28(14-12-21-9-11-23(33-3)25(17-21)34-4)26(30)19-29(13-6-15-32-2)27(31)24-7-5-16-35-24/h5,7-11,16-17H,6,12-15,18-19H2,1-4H3. The van der Waals surface area contributed by atoms with Crippen molar-refractivity contribution in [3.63, 3.8) is 0 Å². The van der Waals surface area contributed by atoms with Crippen LogP contribution in [0.4, 0.5) is 0 Å². The summed E-state index contributed by atoms with van der Waals surface area (Å²) < 4.78 is 26.9. The number of furan rings is 2. The number of rotatable bonds is 14. The van der Waals surface area contributed by atoms with E-state index in [1.165, 1.54) is 11.2 Å². The fourth-order valence-corrected chi connectivity index (χ4v) is 3.82. The highest BCUT2D eigenvalue weighted by atomic mass is 16.5. The average molecular weight is 499 g/mol. The molecule has 9 heteroatoms. The maximum absolute atomic E-state index is 13.5. The van der Waals surface area contributed by atoms with E-state index < -0.39 is 0 Å². The number of methoxy groups -OCH3 is 3. The van der Waals surface area contributed by atoms with Crippen LogP contribution in [0, 0.1) is 6.92 Å². The summed E-state index contributed by atoms with van der Waals surface area (Å²) in [6.45, 7) is 3.33. The van der Waals surface area contributed by atoms with E-state index in [2.05, 4.69) is 0 Å². The van der Waals surface area contributed by atoms with Gasteiger partial charge in [0, 0.05) is 26.8 Å². The Morgan fingerprint density at radius 1 is 0.944 bits per heavy atom. The summed E-state index contributed by atoms with van der Waals surface area (Å²) in [6.07, 6.45) is 2.62. The van der Waals surface area contributed by atoms with Crippen LogP contribution in [-0.2, 0) is 22.5 Å². The van der Waals surface area contributed by atoms with Crippen LogP contribution in [0.15, 0.2) is 57.6 Å². The topological polar surface area (TPSA) is 94.6 Å². The molecule has 0 spiro atoms. The molecular weight excluding hydrogens is 464 g/mol. The van der Waals surface area contributed by atoms with Gasteiger partial charge in [0.2, 0.25) is 5.91 Å². The lowest BCUT2D eigenvalue weighted by molar-refractivity contribution is -0.132. The zero-order chi connectivity index (χ0) is 25.9. The lowest BCUT2D eigenvalue weighted by atomic mass is 10.1. The van der Waals surface area contributed by atoms with E-state index in [9.17, 15) is 9.59 Å². The number of ether oxygens (including phenoxy) is 3. The summed E-state index contributed by atoms with van der Waals surface area (Å²) in [5.74, 6) is 2.38. The van der Waals surface area contributed by atoms with Crippen molar-refractivity contribution in [3.05, 3.63) is 71.6 Å². The number of benzene rings is 1. The molecule has 194 valence electrons. The highest BCUT2D eigenvalue weighted by molar-refractivity contribution is 5.94. The lowest BCUT2D eigenvalue weighted by Crippen LogP contribution is -2.43. The van der Waals surface area contributed by atoms with Gasteiger partial charge in [-0.05, 0) is 61.7 Å². The molecule has 0 radical (unpaired) electrons. The normalized spacial score (nSPS) is 10.8. The molecule has 0 fully saturated rings. The fourth-order valence-electron chi connectivity index (χ4n) is 3.82. The number of aryl methyl sites for hydroxylation is 1. The number of hydrogen-bond acceptors (Lipinski definition) is 7. The van der Waals surface area contributed by atoms with Gasteiger partial charge in [-0.25, -0.2) is 0 Å². The van der Waals surface area contributed by atoms with Crippen LogP contribution in [-0.4, -0.2) is 69.2 Å². The van der Waals surface area contributed by atoms with Crippen molar-refractivity contribution < 1.29 is 32.6 Å². The quantitative estimate of drug-likeness (QED) is 0.311. The van der Waals surface area contributed by atoms with E-state index in [0.29, 0.717) is 56.3 Å². The van der Waals surface area contributed by atoms with E-state index in [4.69, 9.17) is 23.0 Å². The Bertz CT molecular complexity index is 1110. The third-order valence-electron chi connectivity index (χ3n) is 5.74. The molecule has 0 atom stereocenters. The largest absolute Gasteiger partial charge is 0.493 e. The molecule has 3 rings (SSSR count). The summed E-state index contributed by atoms with van der Waals surface area (Å²) in [5, 5.41) is 0. The first-order valence-corrected chi connectivity index (χ1v) is 11.8. The van der Waals surface area contributed by atoms with Crippen LogP contribution >= 0.6 is 0 Å². The van der Waals surface area contributed by atoms with Crippen LogP contribution in [0.5, 0.6) is 11.5 Å². The third kappa shape index (κ3) is 7.39. The van der Waals surface area contributed by atoms with Gasteiger partial charge >= 0.3 is 0 Å². The van der Waals surface area contributed by atoms with Gasteiger partial charge in [0.15, 0.2) is 17.3 Å². The molecule has 36 heavy (non-hydrogen) atoms. The molecule has 0 bridgehead atoms. The predicted octanol–water partition coefficient (Wildman–Crippen LogP) is 3.95. The summed E-state index contributed by atoms with van der Waals surface area (Å²) in [7, 11) is 4.78. The molecule has 0 unspecified atom stereocenters. The summed E-state index contributed by atoms with van der Waals surface area (Å²) >= 11 is 0. The highest BCUT2D eigenvalue weighted by Gasteiger charge is 2.24. The Morgan fingerprint density at radius 3 is 2.39 bits per heavy atom. The van der Waals surface area contributed by atoms with Gasteiger partial charge < -0.3 is 32.8 Å². The van der Waals surface area contributed by atoms with E-state index in [1.807, 2.05) is 37.3 Å². The van der Waals surface area contributed by atoms with Crippen molar-refractivity contribution in [2.75, 3.05) is 47.6 Å². The molecule has 9 nitrogen and oxygen atoms in total. The first-order chi connectivity index (χ1) is 17.4. The van der Waals surface area contributed by atoms with Gasteiger partial charge in [-0.3, -0.25) is 9.59 Å². The Morgan fingerprint density at radius 2 is 1.75 bits per heavy atom. The van der Waals surface area contributed by atoms with Crippen molar-refractivity contribution in [2.45, 2.75) is 26.3 Å². The van der Waals surface area contributed by atoms with E-state index in [0.717, 1.165) is 11.3 Å². The number of hydrogen-bond donors (Lipinski definition) is 0. The second-order valence-electron chi connectivity index (χ2n) is 8.32. The third-order valence-corrected chi connectivity index (χ3v) is 5.74. The molecule has 2 amide bonds. The van der Waals surface area contributed by atoms with Gasteiger partial charge in [0.1, 0.15) is 18.1 Å². The highest BCUT2D eigenvalue weighted by Crippen LogP contribution is 2.28. The smallest absolute Gasteiger partial charge is 0.290 e. The van der Waals surface area contributed by atoms with Crippen LogP contribution < -0.4 is 9.47 Å². The molecule has 0 saturated carbocycles. The molecule has 1 aromatic carbocycles. The van der Waals surface area contributed by atoms with Crippen molar-refractivity contribution in [1.29, 1.82) is 0 Å². The lowest BCUT2D eigenvalue weighted by Gasteiger charge is -2.27. The number of carbonyl (C=O) groups excluding carboxylic acids is 2. The van der Waals surface area contributed by atoms with Gasteiger partial charge in [-0.2, -0.15) is 0 Å². The molecule has 0 saturated heterocycles. The second kappa shape index (κ2) is 13.4. The zero-order valence-electron chi connectivity index (χ0n) is 21.3. The van der Waals surface area contributed by atoms with Gasteiger partial charge in [-0.15, -0.1) is 0 Å². The van der Waals surface area contributed by atoms with Crippen molar-refractivity contribution in [2.24, 2.45) is 0 Å². The van der Waals surface area contributed by atoms with E-state index in [1.54, 1.807) is 38.4 Å². The molecule has 2 aromatic heterocycles. The number of amides is 2. The molecule has 0 aliphatic heterocycles. The Kier molecular flexibility index (Phi) is 10.00. The SMILES string of the molecule is COCCCN(CC(=O)N(CCc1ccc(OC)c(OC)c1)Cc1ccc(C)o1)C(=O)c1ccco1. The minimum Gasteiger partial charge on any atom is -0.493 e. The minimum absolute atomic E-state index is 0.0884. The average Bonchev–Trinajstić information content (AvgIpc) is 3.57. The van der Waals surface area contributed by atoms with Crippen LogP contribution in [0.1, 0.15) is 34.1 Å². The Labute approximate surface area is 211 Å². The summed E-state index contributed by atoms with van der Waals surface area (Å²) in [4.78, 5) is 29.7. The molecule has 2 heterocycles. The maximum Gasteiger partial charge on any atom is 0.290 e. The molecule has 0 aliphatic carbocycles. The van der Waals surface area contributed by atoms with Crippen molar-refractivity contribution in [3.8, 4) is 11.5 Å². The molecular formula is C27H34N2O7. The van der Waals surface area contributed by atoms with E-state index in [-0.39, 0.29) is 24.1 Å². The summed E-state index contributed by atoms with van der Waals surface area (Å²) in [6, 6.07) is 12.7. The molecule has 0 aliphatic rings. The molecule has 0 N–H and O–H groups in total. The Balaban J connectivity index is 1.76. The minimum atomic E-state index is -0.335. The zero-order valence-corrected chi connectivity index (χ0v) is 21.3. The number of nitrogens with zero attached hydrogens (tertiary/aromatic N) is 2. The van der Waals surface area contributed by atoms with Gasteiger partial charge in [0.25, 0.3) is 5.91 Å². The van der Waals surface area contributed by atoms with Crippen LogP contribution in [0.3, 0.4) is 0 Å². The van der Waals surface area contributed by atoms with Crippen LogP contribution in [0.25, 0.3) is 0 Å². The fraction of sp³-hybridized carbons (Fsp3) is 0.407. The van der Waals surface area contributed by atoms with Gasteiger partial charge in [-0.1, -0.05) is 6.07 Å².